The zero-order chi connectivity index (χ0) is 7.82. The Morgan fingerprint density at radius 2 is 2.10 bits per heavy atom. The van der Waals surface area contributed by atoms with Gasteiger partial charge >= 0.3 is 0 Å². The van der Waals surface area contributed by atoms with Crippen molar-refractivity contribution in [2.45, 2.75) is 38.5 Å². The van der Waals surface area contributed by atoms with Gasteiger partial charge in [0.2, 0.25) is 0 Å². The molecule has 0 aliphatic rings. The fraction of sp³-hybridized carbons (Fsp3) is 1.00. The van der Waals surface area contributed by atoms with Crippen molar-refractivity contribution < 1.29 is 4.74 Å². The minimum Gasteiger partial charge on any atom is -0.380 e. The van der Waals surface area contributed by atoms with Crippen molar-refractivity contribution in [3.8, 4) is 0 Å². The molecule has 0 aliphatic heterocycles. The molecule has 62 valence electrons. The summed E-state index contributed by atoms with van der Waals surface area (Å²) < 4.78 is 5.16. The van der Waals surface area contributed by atoms with E-state index in [0.29, 0.717) is 6.61 Å². The Morgan fingerprint density at radius 3 is 2.60 bits per heavy atom. The highest BCUT2D eigenvalue weighted by Gasteiger charge is 2.01. The second-order valence-corrected chi connectivity index (χ2v) is 3.02. The topological polar surface area (TPSA) is 9.23 Å². The summed E-state index contributed by atoms with van der Waals surface area (Å²) in [5, 5.41) is 0.222. The van der Waals surface area contributed by atoms with Crippen LogP contribution in [-0.2, 0) is 4.74 Å². The monoisotopic (exact) mass is 164 g/mol. The second kappa shape index (κ2) is 7.36. The number of hydrogen-bond donors (Lipinski definition) is 0. The van der Waals surface area contributed by atoms with Crippen LogP contribution in [0.2, 0.25) is 0 Å². The van der Waals surface area contributed by atoms with Gasteiger partial charge in [0.15, 0.2) is 0 Å². The van der Waals surface area contributed by atoms with Crippen molar-refractivity contribution in [1.29, 1.82) is 0 Å². The van der Waals surface area contributed by atoms with E-state index >= 15 is 0 Å². The summed E-state index contributed by atoms with van der Waals surface area (Å²) in [6.45, 7) is 5.64. The molecule has 0 aliphatic carbocycles. The molecule has 0 bridgehead atoms. The largest absolute Gasteiger partial charge is 0.380 e. The Labute approximate surface area is 68.7 Å². The molecule has 0 saturated carbocycles. The van der Waals surface area contributed by atoms with Gasteiger partial charge < -0.3 is 4.74 Å². The van der Waals surface area contributed by atoms with E-state index < -0.39 is 0 Å². The van der Waals surface area contributed by atoms with Gasteiger partial charge in [-0.05, 0) is 13.3 Å². The van der Waals surface area contributed by atoms with Crippen LogP contribution in [0, 0.1) is 0 Å². The van der Waals surface area contributed by atoms with Crippen LogP contribution in [0.4, 0.5) is 0 Å². The van der Waals surface area contributed by atoms with Gasteiger partial charge in [0.05, 0.1) is 12.0 Å². The van der Waals surface area contributed by atoms with Gasteiger partial charge in [-0.1, -0.05) is 19.8 Å². The Hall–Kier alpha value is 0.250. The van der Waals surface area contributed by atoms with Crippen LogP contribution in [0.1, 0.15) is 33.1 Å². The summed E-state index contributed by atoms with van der Waals surface area (Å²) in [6.07, 6.45) is 3.51. The molecule has 0 aromatic heterocycles. The molecule has 0 radical (unpaired) electrons. The summed E-state index contributed by atoms with van der Waals surface area (Å²) in [5.41, 5.74) is 0. The van der Waals surface area contributed by atoms with Crippen molar-refractivity contribution in [2.75, 3.05) is 13.2 Å². The zero-order valence-corrected chi connectivity index (χ0v) is 7.66. The lowest BCUT2D eigenvalue weighted by molar-refractivity contribution is 0.145. The quantitative estimate of drug-likeness (QED) is 0.549. The molecule has 2 heteroatoms. The molecular formula is C8H17ClO. The number of halogens is 1. The van der Waals surface area contributed by atoms with Gasteiger partial charge in [0.1, 0.15) is 0 Å². The van der Waals surface area contributed by atoms with E-state index in [1.807, 2.05) is 6.92 Å². The molecule has 1 nitrogen and oxygen atoms in total. The molecule has 0 saturated heterocycles. The third-order valence-corrected chi connectivity index (χ3v) is 1.72. The van der Waals surface area contributed by atoms with E-state index in [2.05, 4.69) is 6.92 Å². The number of rotatable bonds is 6. The SMILES string of the molecule is CCCCC(Cl)COCC. The van der Waals surface area contributed by atoms with Crippen molar-refractivity contribution in [1.82, 2.24) is 0 Å². The lowest BCUT2D eigenvalue weighted by atomic mass is 10.2. The standard InChI is InChI=1S/C8H17ClO/c1-3-5-6-8(9)7-10-4-2/h8H,3-7H2,1-2H3. The van der Waals surface area contributed by atoms with Gasteiger partial charge in [-0.25, -0.2) is 0 Å². The molecule has 0 fully saturated rings. The summed E-state index contributed by atoms with van der Waals surface area (Å²) >= 11 is 5.91. The third kappa shape index (κ3) is 6.37. The van der Waals surface area contributed by atoms with Crippen molar-refractivity contribution in [3.05, 3.63) is 0 Å². The minimum atomic E-state index is 0.222. The molecule has 0 aromatic rings. The number of unbranched alkanes of at least 4 members (excludes halogenated alkanes) is 1. The highest BCUT2D eigenvalue weighted by molar-refractivity contribution is 6.20. The lowest BCUT2D eigenvalue weighted by Crippen LogP contribution is -2.08. The predicted molar refractivity (Wildman–Crippen MR) is 45.7 cm³/mol. The van der Waals surface area contributed by atoms with Gasteiger partial charge in [-0.15, -0.1) is 11.6 Å². The van der Waals surface area contributed by atoms with Gasteiger partial charge in [-0.3, -0.25) is 0 Å². The van der Waals surface area contributed by atoms with Gasteiger partial charge in [0.25, 0.3) is 0 Å². The Kier molecular flexibility index (Phi) is 7.54. The first-order valence-electron chi connectivity index (χ1n) is 4.03. The van der Waals surface area contributed by atoms with Crippen LogP contribution in [0.3, 0.4) is 0 Å². The number of ether oxygens (including phenoxy) is 1. The number of alkyl halides is 1. The molecule has 0 spiro atoms. The van der Waals surface area contributed by atoms with Crippen molar-refractivity contribution in [2.24, 2.45) is 0 Å². The first-order chi connectivity index (χ1) is 4.81. The molecular weight excluding hydrogens is 148 g/mol. The molecule has 0 N–H and O–H groups in total. The van der Waals surface area contributed by atoms with Crippen molar-refractivity contribution in [3.63, 3.8) is 0 Å². The zero-order valence-electron chi connectivity index (χ0n) is 6.90. The average molecular weight is 165 g/mol. The normalized spacial score (nSPS) is 13.5. The van der Waals surface area contributed by atoms with E-state index in [0.717, 1.165) is 13.0 Å². The summed E-state index contributed by atoms with van der Waals surface area (Å²) in [5.74, 6) is 0. The maximum atomic E-state index is 5.91. The van der Waals surface area contributed by atoms with Crippen LogP contribution in [0.5, 0.6) is 0 Å². The number of hydrogen-bond acceptors (Lipinski definition) is 1. The summed E-state index contributed by atoms with van der Waals surface area (Å²) in [7, 11) is 0. The maximum absolute atomic E-state index is 5.91. The predicted octanol–water partition coefficient (Wildman–Crippen LogP) is 2.82. The summed E-state index contributed by atoms with van der Waals surface area (Å²) in [4.78, 5) is 0. The van der Waals surface area contributed by atoms with Gasteiger partial charge in [0, 0.05) is 6.61 Å². The van der Waals surface area contributed by atoms with Crippen LogP contribution in [0.25, 0.3) is 0 Å². The average Bonchev–Trinajstić information content (AvgIpc) is 1.97. The molecule has 0 heterocycles. The molecule has 1 unspecified atom stereocenters. The highest BCUT2D eigenvalue weighted by Crippen LogP contribution is 2.07. The molecule has 0 aromatic carbocycles. The lowest BCUT2D eigenvalue weighted by Gasteiger charge is -2.07. The van der Waals surface area contributed by atoms with Crippen LogP contribution in [-0.4, -0.2) is 18.6 Å². The third-order valence-electron chi connectivity index (χ3n) is 1.37. The van der Waals surface area contributed by atoms with Crippen molar-refractivity contribution >= 4 is 11.6 Å². The van der Waals surface area contributed by atoms with E-state index in [4.69, 9.17) is 16.3 Å². The Bertz CT molecular complexity index is 58.3. The molecule has 1 atom stereocenters. The maximum Gasteiger partial charge on any atom is 0.0629 e. The first-order valence-corrected chi connectivity index (χ1v) is 4.46. The van der Waals surface area contributed by atoms with E-state index in [1.165, 1.54) is 12.8 Å². The van der Waals surface area contributed by atoms with E-state index in [-0.39, 0.29) is 5.38 Å². The van der Waals surface area contributed by atoms with Crippen LogP contribution in [0.15, 0.2) is 0 Å². The Balaban J connectivity index is 3.00. The second-order valence-electron chi connectivity index (χ2n) is 2.40. The van der Waals surface area contributed by atoms with Crippen LogP contribution >= 0.6 is 11.6 Å². The van der Waals surface area contributed by atoms with E-state index in [9.17, 15) is 0 Å². The fourth-order valence-corrected chi connectivity index (χ4v) is 0.998. The molecule has 0 rings (SSSR count). The smallest absolute Gasteiger partial charge is 0.0629 e. The minimum absolute atomic E-state index is 0.222. The Morgan fingerprint density at radius 1 is 1.40 bits per heavy atom. The fourth-order valence-electron chi connectivity index (χ4n) is 0.755. The highest BCUT2D eigenvalue weighted by atomic mass is 35.5. The van der Waals surface area contributed by atoms with Crippen LogP contribution < -0.4 is 0 Å². The molecule has 10 heavy (non-hydrogen) atoms. The molecule has 0 amide bonds. The van der Waals surface area contributed by atoms with Gasteiger partial charge in [-0.2, -0.15) is 0 Å². The first kappa shape index (κ1) is 10.2. The summed E-state index contributed by atoms with van der Waals surface area (Å²) in [6, 6.07) is 0. The van der Waals surface area contributed by atoms with E-state index in [1.54, 1.807) is 0 Å².